The number of carbonyl (C=O) groups is 2. The van der Waals surface area contributed by atoms with Crippen LogP contribution in [0.3, 0.4) is 0 Å². The van der Waals surface area contributed by atoms with E-state index in [0.717, 1.165) is 7.11 Å². The van der Waals surface area contributed by atoms with Crippen LogP contribution in [0, 0.1) is 10.8 Å². The van der Waals surface area contributed by atoms with Gasteiger partial charge in [0.25, 0.3) is 5.92 Å². The van der Waals surface area contributed by atoms with Crippen molar-refractivity contribution >= 4 is 11.9 Å². The molecule has 14 heavy (non-hydrogen) atoms. The summed E-state index contributed by atoms with van der Waals surface area (Å²) in [6.07, 6.45) is -0.371. The molecule has 0 radical (unpaired) electrons. The molecule has 0 saturated heterocycles. The Kier molecular flexibility index (Phi) is 1.38. The molecule has 3 aliphatic carbocycles. The summed E-state index contributed by atoms with van der Waals surface area (Å²) in [4.78, 5) is 21.9. The van der Waals surface area contributed by atoms with E-state index in [0.29, 0.717) is 0 Å². The predicted molar refractivity (Wildman–Crippen MR) is 40.3 cm³/mol. The first-order valence-corrected chi connectivity index (χ1v) is 4.10. The third-order valence-electron chi connectivity index (χ3n) is 3.46. The molecule has 3 saturated carbocycles. The number of methoxy groups -OCH3 is 1. The predicted octanol–water partition coefficient (Wildman–Crippen LogP) is 0.0602. The van der Waals surface area contributed by atoms with Crippen molar-refractivity contribution in [2.24, 2.45) is 16.6 Å². The van der Waals surface area contributed by atoms with E-state index in [1.807, 2.05) is 0 Å². The average Bonchev–Trinajstić information content (AvgIpc) is 2.00. The molecule has 0 heterocycles. The van der Waals surface area contributed by atoms with Gasteiger partial charge in [0.1, 0.15) is 10.8 Å². The van der Waals surface area contributed by atoms with E-state index < -0.39 is 28.6 Å². The minimum atomic E-state index is -3.33. The number of carbonyl (C=O) groups excluding carboxylic acids is 2. The lowest BCUT2D eigenvalue weighted by Gasteiger charge is -2.71. The highest BCUT2D eigenvalue weighted by atomic mass is 19.3. The number of ether oxygens (including phenoxy) is 1. The Hall–Kier alpha value is -1.20. The van der Waals surface area contributed by atoms with Gasteiger partial charge < -0.3 is 10.5 Å². The first-order valence-electron chi connectivity index (χ1n) is 4.10. The fraction of sp³-hybridized carbons (Fsp3) is 0.750. The monoisotopic (exact) mass is 205 g/mol. The Balaban J connectivity index is 2.29. The van der Waals surface area contributed by atoms with Gasteiger partial charge in [0.05, 0.1) is 7.11 Å². The smallest absolute Gasteiger partial charge is 0.318 e. The highest BCUT2D eigenvalue weighted by Gasteiger charge is 2.94. The Morgan fingerprint density at radius 1 is 1.29 bits per heavy atom. The SMILES string of the molecule is COC(=O)C12CC(C(N)=O)(C1)C2(F)F. The van der Waals surface area contributed by atoms with Crippen LogP contribution in [0.1, 0.15) is 12.8 Å². The van der Waals surface area contributed by atoms with Gasteiger partial charge in [0.15, 0.2) is 0 Å². The van der Waals surface area contributed by atoms with Gasteiger partial charge in [-0.1, -0.05) is 0 Å². The largest absolute Gasteiger partial charge is 0.468 e. The van der Waals surface area contributed by atoms with Crippen LogP contribution in [0.5, 0.6) is 0 Å². The van der Waals surface area contributed by atoms with E-state index >= 15 is 0 Å². The first kappa shape index (κ1) is 9.36. The normalized spacial score (nSPS) is 41.9. The van der Waals surface area contributed by atoms with Crippen molar-refractivity contribution in [1.29, 1.82) is 0 Å². The molecular formula is C8H9F2NO3. The third kappa shape index (κ3) is 0.566. The maximum Gasteiger partial charge on any atom is 0.318 e. The van der Waals surface area contributed by atoms with E-state index in [2.05, 4.69) is 4.74 Å². The highest BCUT2D eigenvalue weighted by Crippen LogP contribution is 2.81. The molecule has 0 unspecified atom stereocenters. The molecule has 1 amide bonds. The molecule has 2 N–H and O–H groups in total. The second-order valence-electron chi connectivity index (χ2n) is 3.95. The Bertz CT molecular complexity index is 333. The van der Waals surface area contributed by atoms with Gasteiger partial charge in [0.2, 0.25) is 5.91 Å². The third-order valence-corrected chi connectivity index (χ3v) is 3.46. The van der Waals surface area contributed by atoms with Crippen LogP contribution in [0.2, 0.25) is 0 Å². The molecule has 4 nitrogen and oxygen atoms in total. The number of rotatable bonds is 2. The molecule has 3 aliphatic rings. The zero-order chi connectivity index (χ0) is 10.8. The maximum absolute atomic E-state index is 13.4. The minimum Gasteiger partial charge on any atom is -0.468 e. The van der Waals surface area contributed by atoms with E-state index in [4.69, 9.17) is 5.73 Å². The summed E-state index contributed by atoms with van der Waals surface area (Å²) >= 11 is 0. The number of alkyl halides is 2. The summed E-state index contributed by atoms with van der Waals surface area (Å²) in [5.74, 6) is -5.32. The number of hydrogen-bond acceptors (Lipinski definition) is 3. The number of nitrogens with two attached hydrogens (primary N) is 1. The lowest BCUT2D eigenvalue weighted by molar-refractivity contribution is -0.377. The van der Waals surface area contributed by atoms with Crippen molar-refractivity contribution in [2.45, 2.75) is 18.8 Å². The molecule has 0 aromatic heterocycles. The van der Waals surface area contributed by atoms with Crippen LogP contribution in [-0.2, 0) is 14.3 Å². The van der Waals surface area contributed by atoms with Crippen molar-refractivity contribution in [1.82, 2.24) is 0 Å². The maximum atomic E-state index is 13.4. The van der Waals surface area contributed by atoms with Crippen LogP contribution < -0.4 is 5.73 Å². The summed E-state index contributed by atoms with van der Waals surface area (Å²) < 4.78 is 31.0. The lowest BCUT2D eigenvalue weighted by Crippen LogP contribution is -2.85. The second-order valence-corrected chi connectivity index (χ2v) is 3.95. The molecule has 0 aromatic rings. The minimum absolute atomic E-state index is 0.186. The molecule has 3 rings (SSSR count). The van der Waals surface area contributed by atoms with Crippen LogP contribution >= 0.6 is 0 Å². The van der Waals surface area contributed by atoms with Gasteiger partial charge in [-0.25, -0.2) is 8.78 Å². The molecule has 2 bridgehead atoms. The van der Waals surface area contributed by atoms with Gasteiger partial charge in [-0.05, 0) is 12.8 Å². The van der Waals surface area contributed by atoms with E-state index in [-0.39, 0.29) is 12.8 Å². The van der Waals surface area contributed by atoms with Crippen LogP contribution in [-0.4, -0.2) is 24.9 Å². The van der Waals surface area contributed by atoms with Gasteiger partial charge in [-0.3, -0.25) is 9.59 Å². The molecule has 6 heteroatoms. The number of amides is 1. The summed E-state index contributed by atoms with van der Waals surface area (Å²) in [7, 11) is 1.05. The molecular weight excluding hydrogens is 196 g/mol. The quantitative estimate of drug-likeness (QED) is 0.648. The van der Waals surface area contributed by atoms with Crippen LogP contribution in [0.4, 0.5) is 8.78 Å². The van der Waals surface area contributed by atoms with Crippen LogP contribution in [0.15, 0.2) is 0 Å². The Morgan fingerprint density at radius 2 is 1.79 bits per heavy atom. The van der Waals surface area contributed by atoms with Gasteiger partial charge in [-0.15, -0.1) is 0 Å². The number of hydrogen-bond donors (Lipinski definition) is 1. The number of halogens is 2. The standard InChI is InChI=1S/C8H9F2NO3/c1-14-5(13)7-2-6(3-7,4(11)12)8(7,9)10/h2-3H2,1H3,(H2,11,12). The first-order chi connectivity index (χ1) is 6.34. The Labute approximate surface area is 78.4 Å². The summed E-state index contributed by atoms with van der Waals surface area (Å²) in [6.45, 7) is 0. The average molecular weight is 205 g/mol. The van der Waals surface area contributed by atoms with E-state index in [1.165, 1.54) is 0 Å². The zero-order valence-corrected chi connectivity index (χ0v) is 7.47. The molecule has 0 aliphatic heterocycles. The van der Waals surface area contributed by atoms with Crippen molar-refractivity contribution in [3.8, 4) is 0 Å². The molecule has 0 aromatic carbocycles. The molecule has 78 valence electrons. The van der Waals surface area contributed by atoms with Crippen molar-refractivity contribution < 1.29 is 23.1 Å². The van der Waals surface area contributed by atoms with Crippen molar-refractivity contribution in [3.05, 3.63) is 0 Å². The van der Waals surface area contributed by atoms with Crippen molar-refractivity contribution in [3.63, 3.8) is 0 Å². The molecule has 0 atom stereocenters. The zero-order valence-electron chi connectivity index (χ0n) is 7.47. The second kappa shape index (κ2) is 2.07. The van der Waals surface area contributed by atoms with Crippen molar-refractivity contribution in [2.75, 3.05) is 7.11 Å². The van der Waals surface area contributed by atoms with Crippen LogP contribution in [0.25, 0.3) is 0 Å². The van der Waals surface area contributed by atoms with Gasteiger partial charge >= 0.3 is 5.97 Å². The van der Waals surface area contributed by atoms with Gasteiger partial charge in [-0.2, -0.15) is 0 Å². The fourth-order valence-electron chi connectivity index (χ4n) is 2.46. The van der Waals surface area contributed by atoms with Gasteiger partial charge in [0, 0.05) is 0 Å². The molecule has 3 fully saturated rings. The lowest BCUT2D eigenvalue weighted by atomic mass is 9.32. The Morgan fingerprint density at radius 3 is 2.07 bits per heavy atom. The topological polar surface area (TPSA) is 69.4 Å². The summed E-state index contributed by atoms with van der Waals surface area (Å²) in [6, 6.07) is 0. The number of primary amides is 1. The highest BCUT2D eigenvalue weighted by molar-refractivity contribution is 5.95. The number of esters is 1. The summed E-state index contributed by atoms with van der Waals surface area (Å²) in [5, 5.41) is 0. The summed E-state index contributed by atoms with van der Waals surface area (Å²) in [5.41, 5.74) is 1.30. The van der Waals surface area contributed by atoms with E-state index in [1.54, 1.807) is 0 Å². The fourth-order valence-corrected chi connectivity index (χ4v) is 2.46. The molecule has 0 spiro atoms. The van der Waals surface area contributed by atoms with E-state index in [9.17, 15) is 18.4 Å².